The van der Waals surface area contributed by atoms with Gasteiger partial charge in [0, 0.05) is 16.4 Å². The largest absolute Gasteiger partial charge is 0.478 e. The molecule has 0 atom stereocenters. The van der Waals surface area contributed by atoms with Gasteiger partial charge in [-0.1, -0.05) is 22.5 Å². The van der Waals surface area contributed by atoms with E-state index in [-0.39, 0.29) is 17.1 Å². The molecule has 0 aliphatic heterocycles. The summed E-state index contributed by atoms with van der Waals surface area (Å²) in [4.78, 5) is 15.0. The highest BCUT2D eigenvalue weighted by atomic mass is 79.9. The van der Waals surface area contributed by atoms with Crippen molar-refractivity contribution < 1.29 is 14.3 Å². The van der Waals surface area contributed by atoms with E-state index in [1.807, 2.05) is 13.0 Å². The highest BCUT2D eigenvalue weighted by Gasteiger charge is 2.19. The number of nitrogens with one attached hydrogen (secondary N) is 2. The van der Waals surface area contributed by atoms with Crippen molar-refractivity contribution in [1.29, 1.82) is 0 Å². The Kier molecular flexibility index (Phi) is 4.77. The second kappa shape index (κ2) is 6.57. The van der Waals surface area contributed by atoms with Crippen LogP contribution >= 0.6 is 15.9 Å². The lowest BCUT2D eigenvalue weighted by molar-refractivity contribution is 0.0697. The van der Waals surface area contributed by atoms with Gasteiger partial charge in [-0.25, -0.2) is 14.2 Å². The smallest absolute Gasteiger partial charge is 0.339 e. The Morgan fingerprint density at radius 1 is 1.50 bits per heavy atom. The summed E-state index contributed by atoms with van der Waals surface area (Å²) in [5.41, 5.74) is 1.02. The van der Waals surface area contributed by atoms with Crippen molar-refractivity contribution in [3.8, 4) is 0 Å². The highest BCUT2D eigenvalue weighted by Crippen LogP contribution is 2.30. The molecule has 1 aromatic heterocycles. The number of anilines is 3. The number of aryl methyl sites for hydroxylation is 1. The molecule has 5 nitrogen and oxygen atoms in total. The van der Waals surface area contributed by atoms with Gasteiger partial charge in [0.25, 0.3) is 0 Å². The first-order chi connectivity index (χ1) is 10.4. The minimum atomic E-state index is -1.27. The summed E-state index contributed by atoms with van der Waals surface area (Å²) in [6.45, 7) is 5.26. The fourth-order valence-electron chi connectivity index (χ4n) is 1.87. The normalized spacial score (nSPS) is 10.1. The van der Waals surface area contributed by atoms with Crippen molar-refractivity contribution in [2.75, 3.05) is 10.6 Å². The first-order valence-electron chi connectivity index (χ1n) is 6.26. The van der Waals surface area contributed by atoms with Crippen molar-refractivity contribution in [2.45, 2.75) is 6.92 Å². The van der Waals surface area contributed by atoms with Crippen LogP contribution in [0.5, 0.6) is 0 Å². The van der Waals surface area contributed by atoms with Crippen LogP contribution in [0.1, 0.15) is 15.9 Å². The number of pyridine rings is 1. The number of benzene rings is 1. The Morgan fingerprint density at radius 2 is 2.23 bits per heavy atom. The van der Waals surface area contributed by atoms with Gasteiger partial charge in [-0.2, -0.15) is 0 Å². The lowest BCUT2D eigenvalue weighted by atomic mass is 10.1. The molecule has 2 rings (SSSR count). The number of carboxylic acids is 1. The van der Waals surface area contributed by atoms with Crippen LogP contribution in [0, 0.1) is 12.7 Å². The summed E-state index contributed by atoms with van der Waals surface area (Å²) in [5, 5.41) is 14.6. The summed E-state index contributed by atoms with van der Waals surface area (Å²) in [6, 6.07) is 5.34. The van der Waals surface area contributed by atoms with Gasteiger partial charge in [0.1, 0.15) is 5.56 Å². The predicted molar refractivity (Wildman–Crippen MR) is 87.1 cm³/mol. The van der Waals surface area contributed by atoms with Gasteiger partial charge in [0.2, 0.25) is 0 Å². The van der Waals surface area contributed by atoms with E-state index in [2.05, 4.69) is 38.1 Å². The van der Waals surface area contributed by atoms with Crippen LogP contribution in [0.3, 0.4) is 0 Å². The lowest BCUT2D eigenvalue weighted by Crippen LogP contribution is -2.09. The number of nitrogens with zero attached hydrogens (tertiary/aromatic N) is 1. The van der Waals surface area contributed by atoms with Crippen LogP contribution in [-0.4, -0.2) is 16.1 Å². The number of aromatic nitrogens is 1. The minimum Gasteiger partial charge on any atom is -0.478 e. The maximum Gasteiger partial charge on any atom is 0.339 e. The number of halogens is 2. The molecule has 0 unspecified atom stereocenters. The lowest BCUT2D eigenvalue weighted by Gasteiger charge is -2.14. The molecule has 22 heavy (non-hydrogen) atoms. The number of carbonyl (C=O) groups is 1. The average Bonchev–Trinajstić information content (AvgIpc) is 2.45. The molecule has 2 aromatic rings. The van der Waals surface area contributed by atoms with Gasteiger partial charge in [-0.3, -0.25) is 0 Å². The summed E-state index contributed by atoms with van der Waals surface area (Å²) >= 11 is 3.34. The Labute approximate surface area is 135 Å². The van der Waals surface area contributed by atoms with Crippen LogP contribution in [-0.2, 0) is 0 Å². The van der Waals surface area contributed by atoms with E-state index in [0.29, 0.717) is 5.69 Å². The van der Waals surface area contributed by atoms with Crippen molar-refractivity contribution in [2.24, 2.45) is 0 Å². The molecule has 3 N–H and O–H groups in total. The quantitative estimate of drug-likeness (QED) is 0.736. The van der Waals surface area contributed by atoms with Gasteiger partial charge in [0.15, 0.2) is 11.6 Å². The number of rotatable bonds is 5. The van der Waals surface area contributed by atoms with Crippen LogP contribution in [0.4, 0.5) is 21.6 Å². The van der Waals surface area contributed by atoms with E-state index in [4.69, 9.17) is 0 Å². The summed E-state index contributed by atoms with van der Waals surface area (Å²) in [5.74, 6) is -2.16. The van der Waals surface area contributed by atoms with Crippen molar-refractivity contribution >= 4 is 39.1 Å². The molecule has 0 radical (unpaired) electrons. The molecule has 1 heterocycles. The molecular weight excluding hydrogens is 353 g/mol. The molecule has 0 aliphatic carbocycles. The fraction of sp³-hybridized carbons (Fsp3) is 0.0667. The fourth-order valence-corrected chi connectivity index (χ4v) is 2.35. The molecule has 0 spiro atoms. The van der Waals surface area contributed by atoms with E-state index < -0.39 is 11.8 Å². The van der Waals surface area contributed by atoms with E-state index in [1.165, 1.54) is 6.20 Å². The van der Waals surface area contributed by atoms with Crippen molar-refractivity contribution in [3.63, 3.8) is 0 Å². The molecule has 0 bridgehead atoms. The van der Waals surface area contributed by atoms with Gasteiger partial charge in [-0.05, 0) is 36.9 Å². The summed E-state index contributed by atoms with van der Waals surface area (Å²) in [6.07, 6.45) is 2.36. The standard InChI is InChI=1S/C15H13BrFN3O2/c1-3-18-14-12(17)13(10(7-19-14)15(21)22)20-11-5-4-9(16)6-8(11)2/h3-7H,1H2,2H3,(H,21,22)(H2,18,19,20). The van der Waals surface area contributed by atoms with Crippen LogP contribution in [0.25, 0.3) is 0 Å². The second-order valence-electron chi connectivity index (χ2n) is 4.45. The highest BCUT2D eigenvalue weighted by molar-refractivity contribution is 9.10. The van der Waals surface area contributed by atoms with Crippen LogP contribution in [0.2, 0.25) is 0 Å². The van der Waals surface area contributed by atoms with Gasteiger partial charge >= 0.3 is 5.97 Å². The van der Waals surface area contributed by atoms with E-state index >= 15 is 0 Å². The van der Waals surface area contributed by atoms with Gasteiger partial charge in [0.05, 0.1) is 5.69 Å². The number of aromatic carboxylic acids is 1. The SMILES string of the molecule is C=CNc1ncc(C(=O)O)c(Nc2ccc(Br)cc2C)c1F. The number of hydrogen-bond donors (Lipinski definition) is 3. The van der Waals surface area contributed by atoms with E-state index in [9.17, 15) is 14.3 Å². The third kappa shape index (κ3) is 3.25. The summed E-state index contributed by atoms with van der Waals surface area (Å²) in [7, 11) is 0. The maximum atomic E-state index is 14.5. The molecule has 0 aliphatic rings. The topological polar surface area (TPSA) is 74.2 Å². The molecular formula is C15H13BrFN3O2. The zero-order chi connectivity index (χ0) is 16.3. The average molecular weight is 366 g/mol. The van der Waals surface area contributed by atoms with Crippen LogP contribution < -0.4 is 10.6 Å². The molecule has 0 fully saturated rings. The zero-order valence-corrected chi connectivity index (χ0v) is 13.2. The second-order valence-corrected chi connectivity index (χ2v) is 5.36. The third-order valence-electron chi connectivity index (χ3n) is 2.94. The van der Waals surface area contributed by atoms with Crippen LogP contribution in [0.15, 0.2) is 41.6 Å². The van der Waals surface area contributed by atoms with Gasteiger partial charge < -0.3 is 15.7 Å². The minimum absolute atomic E-state index is 0.0998. The molecule has 1 aromatic carbocycles. The first-order valence-corrected chi connectivity index (χ1v) is 7.05. The number of carboxylic acid groups (broad SMARTS) is 1. The molecule has 7 heteroatoms. The first kappa shape index (κ1) is 16.0. The Balaban J connectivity index is 2.53. The monoisotopic (exact) mass is 365 g/mol. The van der Waals surface area contributed by atoms with Gasteiger partial charge in [-0.15, -0.1) is 0 Å². The molecule has 0 saturated heterocycles. The number of hydrogen-bond acceptors (Lipinski definition) is 4. The van der Waals surface area contributed by atoms with Crippen molar-refractivity contribution in [1.82, 2.24) is 4.98 Å². The zero-order valence-electron chi connectivity index (χ0n) is 11.7. The predicted octanol–water partition coefficient (Wildman–Crippen LogP) is 4.29. The Hall–Kier alpha value is -2.41. The molecule has 114 valence electrons. The Morgan fingerprint density at radius 3 is 2.82 bits per heavy atom. The maximum absolute atomic E-state index is 14.5. The molecule has 0 saturated carbocycles. The van der Waals surface area contributed by atoms with E-state index in [0.717, 1.165) is 16.2 Å². The Bertz CT molecular complexity index is 750. The van der Waals surface area contributed by atoms with Crippen molar-refractivity contribution in [3.05, 3.63) is 58.6 Å². The third-order valence-corrected chi connectivity index (χ3v) is 3.43. The molecule has 0 amide bonds. The summed E-state index contributed by atoms with van der Waals surface area (Å²) < 4.78 is 15.3. The van der Waals surface area contributed by atoms with E-state index in [1.54, 1.807) is 12.1 Å².